The van der Waals surface area contributed by atoms with E-state index in [2.05, 4.69) is 10.1 Å². The van der Waals surface area contributed by atoms with Gasteiger partial charge in [0.2, 0.25) is 5.88 Å². The Bertz CT molecular complexity index is 1090. The molecule has 3 aromatic rings. The summed E-state index contributed by atoms with van der Waals surface area (Å²) in [7, 11) is 1.57. The molecule has 174 valence electrons. The predicted molar refractivity (Wildman–Crippen MR) is 123 cm³/mol. The average Bonchev–Trinajstić information content (AvgIpc) is 3.26. The van der Waals surface area contributed by atoms with Gasteiger partial charge >= 0.3 is 0 Å². The van der Waals surface area contributed by atoms with Crippen LogP contribution in [-0.4, -0.2) is 55.4 Å². The Morgan fingerprint density at radius 1 is 1.18 bits per heavy atom. The molecule has 0 spiro atoms. The second kappa shape index (κ2) is 10.0. The maximum Gasteiger partial charge on any atom is 0.254 e. The highest BCUT2D eigenvalue weighted by Gasteiger charge is 2.29. The fraction of sp³-hybridized carbons (Fsp3) is 0.360. The fourth-order valence-corrected chi connectivity index (χ4v) is 3.87. The zero-order valence-corrected chi connectivity index (χ0v) is 19.1. The van der Waals surface area contributed by atoms with Crippen molar-refractivity contribution < 1.29 is 23.2 Å². The number of morpholine rings is 1. The molecular formula is C25H28FN3O4. The number of ether oxygens (including phenoxy) is 2. The van der Waals surface area contributed by atoms with E-state index in [1.165, 1.54) is 12.1 Å². The zero-order chi connectivity index (χ0) is 23.4. The van der Waals surface area contributed by atoms with E-state index in [-0.39, 0.29) is 24.3 Å². The van der Waals surface area contributed by atoms with Gasteiger partial charge in [-0.25, -0.2) is 4.39 Å². The summed E-state index contributed by atoms with van der Waals surface area (Å²) in [5.74, 6) is 0.787. The number of hydrogen-bond donors (Lipinski definition) is 0. The van der Waals surface area contributed by atoms with E-state index >= 15 is 0 Å². The summed E-state index contributed by atoms with van der Waals surface area (Å²) in [5, 5.41) is 4.33. The third-order valence-electron chi connectivity index (χ3n) is 5.71. The molecular weight excluding hydrogens is 425 g/mol. The van der Waals surface area contributed by atoms with E-state index in [1.54, 1.807) is 48.4 Å². The number of carbonyl (C=O) groups is 1. The van der Waals surface area contributed by atoms with Crippen LogP contribution in [-0.2, 0) is 11.3 Å². The van der Waals surface area contributed by atoms with Gasteiger partial charge in [-0.15, -0.1) is 0 Å². The van der Waals surface area contributed by atoms with Crippen LogP contribution in [0.4, 0.5) is 10.3 Å². The Balaban J connectivity index is 1.73. The number of aromatic nitrogens is 1. The second-order valence-corrected chi connectivity index (χ2v) is 8.18. The van der Waals surface area contributed by atoms with Crippen molar-refractivity contribution in [3.05, 3.63) is 65.5 Å². The maximum atomic E-state index is 13.5. The number of hydrogen-bond acceptors (Lipinski definition) is 6. The van der Waals surface area contributed by atoms with E-state index in [0.29, 0.717) is 49.2 Å². The van der Waals surface area contributed by atoms with Crippen molar-refractivity contribution in [1.82, 2.24) is 10.1 Å². The molecule has 1 aliphatic rings. The van der Waals surface area contributed by atoms with E-state index in [4.69, 9.17) is 14.0 Å². The number of amides is 1. The molecule has 1 amide bonds. The van der Waals surface area contributed by atoms with Gasteiger partial charge in [0, 0.05) is 30.3 Å². The minimum atomic E-state index is -0.325. The molecule has 0 aliphatic carbocycles. The largest absolute Gasteiger partial charge is 0.497 e. The molecule has 1 saturated heterocycles. The molecule has 0 radical (unpaired) electrons. The second-order valence-electron chi connectivity index (χ2n) is 8.18. The van der Waals surface area contributed by atoms with Gasteiger partial charge < -0.3 is 23.8 Å². The summed E-state index contributed by atoms with van der Waals surface area (Å²) in [6, 6.07) is 13.2. The first kappa shape index (κ1) is 22.8. The van der Waals surface area contributed by atoms with Gasteiger partial charge in [0.15, 0.2) is 0 Å². The lowest BCUT2D eigenvalue weighted by molar-refractivity contribution is 0.0689. The van der Waals surface area contributed by atoms with E-state index in [0.717, 1.165) is 11.1 Å². The van der Waals surface area contributed by atoms with Gasteiger partial charge in [0.05, 0.1) is 32.4 Å². The number of rotatable bonds is 7. The highest BCUT2D eigenvalue weighted by molar-refractivity contribution is 5.95. The molecule has 2 heterocycles. The van der Waals surface area contributed by atoms with Crippen LogP contribution in [0.3, 0.4) is 0 Å². The third kappa shape index (κ3) is 5.01. The van der Waals surface area contributed by atoms with Crippen molar-refractivity contribution in [2.75, 3.05) is 38.3 Å². The van der Waals surface area contributed by atoms with Crippen LogP contribution in [0.5, 0.6) is 5.75 Å². The molecule has 0 saturated carbocycles. The van der Waals surface area contributed by atoms with Gasteiger partial charge in [0.1, 0.15) is 17.3 Å². The maximum absolute atomic E-state index is 13.5. The number of benzene rings is 2. The smallest absolute Gasteiger partial charge is 0.254 e. The van der Waals surface area contributed by atoms with Crippen LogP contribution in [0.25, 0.3) is 11.3 Å². The molecule has 7 nitrogen and oxygen atoms in total. The Labute approximate surface area is 192 Å². The lowest BCUT2D eigenvalue weighted by atomic mass is 10.0. The molecule has 0 unspecified atom stereocenters. The van der Waals surface area contributed by atoms with Crippen LogP contribution in [0.1, 0.15) is 29.8 Å². The molecule has 8 heteroatoms. The average molecular weight is 454 g/mol. The summed E-state index contributed by atoms with van der Waals surface area (Å²) in [4.78, 5) is 17.3. The number of nitrogens with zero attached hydrogens (tertiary/aromatic N) is 3. The number of methoxy groups -OCH3 is 1. The summed E-state index contributed by atoms with van der Waals surface area (Å²) < 4.78 is 30.1. The van der Waals surface area contributed by atoms with Gasteiger partial charge in [0.25, 0.3) is 5.91 Å². The van der Waals surface area contributed by atoms with Crippen LogP contribution in [0.2, 0.25) is 0 Å². The third-order valence-corrected chi connectivity index (χ3v) is 5.71. The minimum Gasteiger partial charge on any atom is -0.497 e. The zero-order valence-electron chi connectivity index (χ0n) is 19.1. The predicted octanol–water partition coefficient (Wildman–Crippen LogP) is 4.38. The van der Waals surface area contributed by atoms with E-state index < -0.39 is 0 Å². The highest BCUT2D eigenvalue weighted by Crippen LogP contribution is 2.34. The van der Waals surface area contributed by atoms with E-state index in [9.17, 15) is 9.18 Å². The summed E-state index contributed by atoms with van der Waals surface area (Å²) in [5.41, 5.74) is 2.65. The van der Waals surface area contributed by atoms with Gasteiger partial charge in [-0.1, -0.05) is 11.2 Å². The van der Waals surface area contributed by atoms with Crippen molar-refractivity contribution in [2.24, 2.45) is 0 Å². The first-order chi connectivity index (χ1) is 16.0. The molecule has 2 aromatic carbocycles. The van der Waals surface area contributed by atoms with Gasteiger partial charge in [-0.2, -0.15) is 0 Å². The monoisotopic (exact) mass is 453 g/mol. The Kier molecular flexibility index (Phi) is 6.93. The number of carbonyl (C=O) groups excluding carboxylic acids is 1. The van der Waals surface area contributed by atoms with Crippen molar-refractivity contribution in [1.29, 1.82) is 0 Å². The molecule has 1 aromatic heterocycles. The topological polar surface area (TPSA) is 68.0 Å². The summed E-state index contributed by atoms with van der Waals surface area (Å²) >= 11 is 0. The van der Waals surface area contributed by atoms with Crippen LogP contribution < -0.4 is 9.64 Å². The lowest BCUT2D eigenvalue weighted by Crippen LogP contribution is -2.39. The molecule has 1 aliphatic heterocycles. The van der Waals surface area contributed by atoms with Gasteiger partial charge in [-0.05, 0) is 56.3 Å². The van der Waals surface area contributed by atoms with Crippen molar-refractivity contribution in [3.63, 3.8) is 0 Å². The van der Waals surface area contributed by atoms with Crippen LogP contribution >= 0.6 is 0 Å². The SMILES string of the molecule is COc1cccc(C(=O)N(Cc2c(-c3ccc(F)cc3)noc2N2CCOCC2)C(C)C)c1. The van der Waals surface area contributed by atoms with Crippen LogP contribution in [0, 0.1) is 5.82 Å². The molecule has 33 heavy (non-hydrogen) atoms. The molecule has 1 fully saturated rings. The van der Waals surface area contributed by atoms with Crippen molar-refractivity contribution >= 4 is 11.8 Å². The standard InChI is InChI=1S/C25H28FN3O4/c1-17(2)29(24(30)19-5-4-6-21(15-19)31-3)16-22-23(18-7-9-20(26)10-8-18)27-33-25(22)28-11-13-32-14-12-28/h4-10,15,17H,11-14,16H2,1-3H3. The van der Waals surface area contributed by atoms with E-state index in [1.807, 2.05) is 13.8 Å². The fourth-order valence-electron chi connectivity index (χ4n) is 3.87. The molecule has 0 atom stereocenters. The number of anilines is 1. The first-order valence-electron chi connectivity index (χ1n) is 11.0. The summed E-state index contributed by atoms with van der Waals surface area (Å²) in [6.45, 7) is 6.73. The molecule has 4 rings (SSSR count). The van der Waals surface area contributed by atoms with Crippen molar-refractivity contribution in [2.45, 2.75) is 26.4 Å². The van der Waals surface area contributed by atoms with Crippen LogP contribution in [0.15, 0.2) is 53.1 Å². The normalized spacial score (nSPS) is 13.9. The Hall–Kier alpha value is -3.39. The Morgan fingerprint density at radius 2 is 1.91 bits per heavy atom. The Morgan fingerprint density at radius 3 is 2.58 bits per heavy atom. The summed E-state index contributed by atoms with van der Waals surface area (Å²) in [6.07, 6.45) is 0. The first-order valence-corrected chi connectivity index (χ1v) is 11.0. The van der Waals surface area contributed by atoms with Crippen molar-refractivity contribution in [3.8, 4) is 17.0 Å². The number of halogens is 1. The molecule has 0 N–H and O–H groups in total. The molecule has 0 bridgehead atoms. The minimum absolute atomic E-state index is 0.0859. The quantitative estimate of drug-likeness (QED) is 0.529. The lowest BCUT2D eigenvalue weighted by Gasteiger charge is -2.30. The highest BCUT2D eigenvalue weighted by atomic mass is 19.1. The van der Waals surface area contributed by atoms with Gasteiger partial charge in [-0.3, -0.25) is 4.79 Å².